The van der Waals surface area contributed by atoms with E-state index in [1.807, 2.05) is 12.2 Å². The van der Waals surface area contributed by atoms with E-state index < -0.39 is 35.2 Å². The van der Waals surface area contributed by atoms with Crippen LogP contribution in [0.4, 0.5) is 9.59 Å². The molecule has 3 heterocycles. The van der Waals surface area contributed by atoms with Crippen LogP contribution in [0.5, 0.6) is 0 Å². The summed E-state index contributed by atoms with van der Waals surface area (Å²) in [5.41, 5.74) is -1.52. The Labute approximate surface area is 186 Å². The fourth-order valence-electron chi connectivity index (χ4n) is 3.76. The number of rotatable bonds is 3. The maximum atomic E-state index is 12.7. The number of ether oxygens (including phenoxy) is 3. The molecule has 0 aliphatic carbocycles. The smallest absolute Gasteiger partial charge is 0.414 e. The molecular weight excluding hydrogens is 420 g/mol. The molecule has 2 bridgehead atoms. The topological polar surface area (TPSA) is 136 Å². The number of nitrogens with zero attached hydrogens (tertiary/aromatic N) is 2. The van der Waals surface area contributed by atoms with Crippen LogP contribution >= 0.6 is 0 Å². The fourth-order valence-corrected chi connectivity index (χ4v) is 3.76. The first-order valence-corrected chi connectivity index (χ1v) is 10.5. The molecule has 0 unspecified atom stereocenters. The Balaban J connectivity index is 1.64. The van der Waals surface area contributed by atoms with Crippen LogP contribution in [0.2, 0.25) is 0 Å². The Morgan fingerprint density at radius 1 is 0.938 bits per heavy atom. The van der Waals surface area contributed by atoms with Gasteiger partial charge in [-0.3, -0.25) is 30.1 Å². The number of guanidine groups is 1. The van der Waals surface area contributed by atoms with E-state index in [4.69, 9.17) is 14.2 Å². The Hall–Kier alpha value is -2.95. The van der Waals surface area contributed by atoms with E-state index >= 15 is 0 Å². The lowest BCUT2D eigenvalue weighted by Crippen LogP contribution is -2.47. The first-order chi connectivity index (χ1) is 14.7. The summed E-state index contributed by atoms with van der Waals surface area (Å²) in [6.45, 7) is 10.1. The lowest BCUT2D eigenvalue weighted by Gasteiger charge is -2.22. The molecular formula is C21H30N4O7. The molecule has 0 aromatic heterocycles. The maximum Gasteiger partial charge on any atom is 0.414 e. The number of alkyl carbamates (subject to hydrolysis) is 2. The van der Waals surface area contributed by atoms with E-state index in [1.54, 1.807) is 41.5 Å². The minimum atomic E-state index is -0.824. The molecule has 32 heavy (non-hydrogen) atoms. The van der Waals surface area contributed by atoms with Crippen LogP contribution < -0.4 is 10.6 Å². The van der Waals surface area contributed by atoms with Crippen molar-refractivity contribution in [3.05, 3.63) is 12.2 Å². The molecule has 4 atom stereocenters. The Morgan fingerprint density at radius 3 is 1.78 bits per heavy atom. The van der Waals surface area contributed by atoms with Gasteiger partial charge in [-0.05, 0) is 41.5 Å². The van der Waals surface area contributed by atoms with E-state index in [2.05, 4.69) is 15.6 Å². The number of fused-ring (bicyclic) bond motifs is 5. The molecule has 11 nitrogen and oxygen atoms in total. The zero-order chi connectivity index (χ0) is 23.8. The molecule has 2 N–H and O–H groups in total. The van der Waals surface area contributed by atoms with Gasteiger partial charge in [0.05, 0.1) is 30.6 Å². The summed E-state index contributed by atoms with van der Waals surface area (Å²) in [7, 11) is 0. The molecule has 2 fully saturated rings. The highest BCUT2D eigenvalue weighted by atomic mass is 16.6. The van der Waals surface area contributed by atoms with Gasteiger partial charge in [-0.1, -0.05) is 12.2 Å². The lowest BCUT2D eigenvalue weighted by atomic mass is 9.85. The number of likely N-dealkylation sites (tertiary alicyclic amines) is 1. The molecule has 0 saturated carbocycles. The van der Waals surface area contributed by atoms with E-state index in [9.17, 15) is 19.2 Å². The Morgan fingerprint density at radius 2 is 1.38 bits per heavy atom. The highest BCUT2D eigenvalue weighted by Crippen LogP contribution is 2.44. The quantitative estimate of drug-likeness (QED) is 0.287. The van der Waals surface area contributed by atoms with Gasteiger partial charge in [0.25, 0.3) is 0 Å². The van der Waals surface area contributed by atoms with Crippen LogP contribution in [0, 0.1) is 11.8 Å². The third kappa shape index (κ3) is 5.45. The molecule has 0 radical (unpaired) electrons. The molecule has 2 saturated heterocycles. The standard InChI is InChI=1S/C21H30N4O7/c1-20(2,3)31-18(28)23-17(24-19(29)32-21(4,5)6)22-9-10-25-15(26)13-11-7-8-12(30-11)14(13)16(25)27/h7-8,11-14H,9-10H2,1-6H3,(H2,22,23,24,28,29)/t11-,12+,13-,14+. The second-order valence-electron chi connectivity index (χ2n) is 9.81. The van der Waals surface area contributed by atoms with Crippen LogP contribution in [0.15, 0.2) is 17.1 Å². The van der Waals surface area contributed by atoms with Crippen molar-refractivity contribution in [2.45, 2.75) is 65.0 Å². The van der Waals surface area contributed by atoms with Crippen molar-refractivity contribution in [1.29, 1.82) is 0 Å². The maximum absolute atomic E-state index is 12.7. The number of amides is 4. The number of hydrogen-bond acceptors (Lipinski definition) is 8. The van der Waals surface area contributed by atoms with Gasteiger partial charge in [0, 0.05) is 6.54 Å². The SMILES string of the molecule is CC(C)(C)OC(=O)NC(=NCCN1C(=O)[C@@H]2[C@H](C1=O)[C@H]1C=C[C@@H]2O1)NC(=O)OC(C)(C)C. The zero-order valence-electron chi connectivity index (χ0n) is 19.1. The van der Waals surface area contributed by atoms with Crippen LogP contribution in [0.1, 0.15) is 41.5 Å². The third-order valence-corrected chi connectivity index (χ3v) is 4.83. The summed E-state index contributed by atoms with van der Waals surface area (Å²) in [5, 5.41) is 4.72. The van der Waals surface area contributed by atoms with Gasteiger partial charge in [-0.15, -0.1) is 0 Å². The van der Waals surface area contributed by atoms with Crippen molar-refractivity contribution >= 4 is 30.0 Å². The summed E-state index contributed by atoms with van der Waals surface area (Å²) in [5.74, 6) is -1.80. The molecule has 11 heteroatoms. The number of hydrogen-bond donors (Lipinski definition) is 2. The Kier molecular flexibility index (Phi) is 6.32. The van der Waals surface area contributed by atoms with Crippen LogP contribution in [-0.2, 0) is 23.8 Å². The number of nitrogens with one attached hydrogen (secondary N) is 2. The predicted molar refractivity (Wildman–Crippen MR) is 113 cm³/mol. The molecule has 3 aliphatic rings. The average molecular weight is 450 g/mol. The summed E-state index contributed by atoms with van der Waals surface area (Å²) >= 11 is 0. The minimum absolute atomic E-state index is 0.000393. The summed E-state index contributed by atoms with van der Waals surface area (Å²) in [4.78, 5) is 54.9. The van der Waals surface area contributed by atoms with E-state index in [0.29, 0.717) is 0 Å². The minimum Gasteiger partial charge on any atom is -0.444 e. The average Bonchev–Trinajstić information content (AvgIpc) is 3.27. The molecule has 0 aromatic carbocycles. The van der Waals surface area contributed by atoms with Crippen LogP contribution in [-0.4, -0.2) is 71.4 Å². The molecule has 3 rings (SSSR count). The van der Waals surface area contributed by atoms with Crippen LogP contribution in [0.25, 0.3) is 0 Å². The van der Waals surface area contributed by atoms with Crippen LogP contribution in [0.3, 0.4) is 0 Å². The van der Waals surface area contributed by atoms with Gasteiger partial charge in [-0.2, -0.15) is 0 Å². The van der Waals surface area contributed by atoms with Crippen molar-refractivity contribution < 1.29 is 33.4 Å². The van der Waals surface area contributed by atoms with Gasteiger partial charge in [0.15, 0.2) is 0 Å². The molecule has 4 amide bonds. The highest BCUT2D eigenvalue weighted by molar-refractivity contribution is 6.07. The van der Waals surface area contributed by atoms with Crippen molar-refractivity contribution in [2.75, 3.05) is 13.1 Å². The van der Waals surface area contributed by atoms with E-state index in [1.165, 1.54) is 0 Å². The highest BCUT2D eigenvalue weighted by Gasteiger charge is 2.60. The first-order valence-electron chi connectivity index (χ1n) is 10.5. The summed E-state index contributed by atoms with van der Waals surface area (Å²) in [6, 6.07) is 0. The monoisotopic (exact) mass is 450 g/mol. The van der Waals surface area contributed by atoms with Gasteiger partial charge in [0.2, 0.25) is 17.8 Å². The van der Waals surface area contributed by atoms with Gasteiger partial charge >= 0.3 is 12.2 Å². The van der Waals surface area contributed by atoms with Crippen molar-refractivity contribution in [1.82, 2.24) is 15.5 Å². The zero-order valence-corrected chi connectivity index (χ0v) is 19.1. The van der Waals surface area contributed by atoms with Gasteiger partial charge in [-0.25, -0.2) is 9.59 Å². The number of carbonyl (C=O) groups is 4. The van der Waals surface area contributed by atoms with Crippen molar-refractivity contribution in [2.24, 2.45) is 16.8 Å². The van der Waals surface area contributed by atoms with E-state index in [0.717, 1.165) is 4.90 Å². The van der Waals surface area contributed by atoms with Crippen molar-refractivity contribution in [3.8, 4) is 0 Å². The molecule has 3 aliphatic heterocycles. The van der Waals surface area contributed by atoms with Crippen molar-refractivity contribution in [3.63, 3.8) is 0 Å². The third-order valence-electron chi connectivity index (χ3n) is 4.83. The van der Waals surface area contributed by atoms with Gasteiger partial charge < -0.3 is 14.2 Å². The molecule has 0 aromatic rings. The second-order valence-corrected chi connectivity index (χ2v) is 9.81. The van der Waals surface area contributed by atoms with E-state index in [-0.39, 0.29) is 43.1 Å². The normalized spacial score (nSPS) is 26.1. The second kappa shape index (κ2) is 8.53. The molecule has 176 valence electrons. The summed E-state index contributed by atoms with van der Waals surface area (Å²) in [6.07, 6.45) is 1.24. The predicted octanol–water partition coefficient (Wildman–Crippen LogP) is 1.33. The fraction of sp³-hybridized carbons (Fsp3) is 0.667. The largest absolute Gasteiger partial charge is 0.444 e. The number of imide groups is 1. The lowest BCUT2D eigenvalue weighted by molar-refractivity contribution is -0.142. The Bertz CT molecular complexity index is 806. The summed E-state index contributed by atoms with van der Waals surface area (Å²) < 4.78 is 16.0. The number of aliphatic imine (C=N–C) groups is 1. The molecule has 0 spiro atoms. The first kappa shape index (κ1) is 23.7. The number of carbonyl (C=O) groups excluding carboxylic acids is 4. The van der Waals surface area contributed by atoms with Gasteiger partial charge in [0.1, 0.15) is 11.2 Å².